The second kappa shape index (κ2) is 48.4. The zero-order valence-corrected chi connectivity index (χ0v) is 21.2. The summed E-state index contributed by atoms with van der Waals surface area (Å²) < 4.78 is 0. The van der Waals surface area contributed by atoms with Crippen LogP contribution in [0, 0.1) is 14.4 Å². The number of hydrogen-bond acceptors (Lipinski definition) is 0. The molecule has 0 saturated carbocycles. The predicted octanol–water partition coefficient (Wildman–Crippen LogP) is 1.13. The summed E-state index contributed by atoms with van der Waals surface area (Å²) in [4.78, 5) is 0. The maximum atomic E-state index is 3.45. The van der Waals surface area contributed by atoms with Crippen molar-refractivity contribution < 1.29 is 164 Å². The average molecular weight is 521 g/mol. The first kappa shape index (κ1) is 46.0. The average Bonchev–Trinajstić information content (AvgIpc) is 0.918. The van der Waals surface area contributed by atoms with Crippen LogP contribution in [0.25, 0.3) is 0 Å². The molecule has 0 aliphatic carbocycles. The summed E-state index contributed by atoms with van der Waals surface area (Å²) in [6.45, 7) is 3.45. The minimum absolute atomic E-state index is 0. The van der Waals surface area contributed by atoms with Crippen LogP contribution in [0.15, 0.2) is 0 Å². The summed E-state index contributed by atoms with van der Waals surface area (Å²) in [5.74, 6) is 0. The third kappa shape index (κ3) is 56.3. The van der Waals surface area contributed by atoms with E-state index in [2.05, 4.69) is 16.2 Å². The molecule has 0 fully saturated rings. The molecule has 0 spiro atoms. The van der Waals surface area contributed by atoms with E-state index in [9.17, 15) is 0 Å². The Morgan fingerprint density at radius 2 is 0.889 bits per heavy atom. The largest absolute Gasteiger partial charge is 0.358 e. The zero-order valence-electron chi connectivity index (χ0n) is 5.88. The van der Waals surface area contributed by atoms with Crippen molar-refractivity contribution in [3.63, 3.8) is 0 Å². The van der Waals surface area contributed by atoms with E-state index in [1.165, 1.54) is 0 Å². The summed E-state index contributed by atoms with van der Waals surface area (Å²) in [5.41, 5.74) is 0. The van der Waals surface area contributed by atoms with Crippen LogP contribution in [0.2, 0.25) is 0 Å². The van der Waals surface area contributed by atoms with Crippen LogP contribution in [0.4, 0.5) is 0 Å². The molecule has 0 aliphatic rings. The van der Waals surface area contributed by atoms with Crippen molar-refractivity contribution in [3.05, 3.63) is 14.4 Å². The molecular formula is C3H9PY5-2. The van der Waals surface area contributed by atoms with E-state index in [0.717, 1.165) is 6.16 Å². The second-order valence-electron chi connectivity index (χ2n) is 0.289. The smallest absolute Gasteiger partial charge is 0 e. The van der Waals surface area contributed by atoms with Gasteiger partial charge in [-0.3, -0.25) is 0 Å². The molecule has 0 rings (SSSR count). The van der Waals surface area contributed by atoms with E-state index in [0.29, 0.717) is 0 Å². The zero-order chi connectivity index (χ0) is 2.71. The van der Waals surface area contributed by atoms with Crippen molar-refractivity contribution in [1.29, 1.82) is 0 Å². The van der Waals surface area contributed by atoms with Crippen LogP contribution in [-0.4, -0.2) is 6.16 Å². The van der Waals surface area contributed by atoms with Gasteiger partial charge in [-0.15, -0.1) is 0 Å². The van der Waals surface area contributed by atoms with Gasteiger partial charge in [-0.05, 0) is 0 Å². The monoisotopic (exact) mass is 521 g/mol. The maximum Gasteiger partial charge on any atom is 0 e. The van der Waals surface area contributed by atoms with Crippen molar-refractivity contribution in [1.82, 2.24) is 0 Å². The fourth-order valence-corrected chi connectivity index (χ4v) is 0. The van der Waals surface area contributed by atoms with E-state index >= 15 is 0 Å². The van der Waals surface area contributed by atoms with E-state index in [1.807, 2.05) is 0 Å². The molecule has 0 heterocycles. The van der Waals surface area contributed by atoms with Crippen LogP contribution in [-0.2, 0) is 164 Å². The van der Waals surface area contributed by atoms with Gasteiger partial charge in [0, 0.05) is 164 Å². The molecule has 0 N–H and O–H groups in total. The Kier molecular flexibility index (Phi) is 248. The Bertz CT molecular complexity index is 12.2. The summed E-state index contributed by atoms with van der Waals surface area (Å²) in [6, 6.07) is 0. The fourth-order valence-electron chi connectivity index (χ4n) is 0. The molecule has 1 unspecified atom stereocenters. The van der Waals surface area contributed by atoms with Crippen LogP contribution < -0.4 is 0 Å². The molecule has 1 atom stereocenters. The fraction of sp³-hybridized carbons (Fsp3) is 0.333. The molecule has 0 nitrogen and oxygen atoms in total. The van der Waals surface area contributed by atoms with Gasteiger partial charge in [-0.2, -0.15) is 15.4 Å². The van der Waals surface area contributed by atoms with Crippen LogP contribution >= 0.6 is 9.24 Å². The van der Waals surface area contributed by atoms with Gasteiger partial charge in [0.15, 0.2) is 0 Å². The molecule has 5 radical (unpaired) electrons. The molecule has 9 heavy (non-hydrogen) atoms. The first-order valence-electron chi connectivity index (χ1n) is 0.908. The molecular weight excluding hydrogens is 512 g/mol. The van der Waals surface area contributed by atoms with Gasteiger partial charge < -0.3 is 14.4 Å². The van der Waals surface area contributed by atoms with Gasteiger partial charge in [-0.25, -0.2) is 0 Å². The normalized spacial score (nSPS) is 2.00. The summed E-state index contributed by atoms with van der Waals surface area (Å²) in [5, 5.41) is 0. The minimum Gasteiger partial charge on any atom is -0.358 e. The van der Waals surface area contributed by atoms with E-state index in [-0.39, 0.29) is 171 Å². The van der Waals surface area contributed by atoms with Crippen LogP contribution in [0.3, 0.4) is 0 Å². The molecule has 0 bridgehead atoms. The van der Waals surface area contributed by atoms with Crippen molar-refractivity contribution in [2.45, 2.75) is 0 Å². The number of hydrogen-bond donors (Lipinski definition) is 0. The SMILES string of the molecule is [CH2-]CP.[CH3-].[Y].[Y].[Y].[Y].[Y]. The first-order valence-corrected chi connectivity index (χ1v) is 1.72. The molecule has 0 saturated heterocycles. The molecule has 43 valence electrons. The van der Waals surface area contributed by atoms with Crippen molar-refractivity contribution in [3.8, 4) is 0 Å². The molecule has 0 amide bonds. The predicted molar refractivity (Wildman–Crippen MR) is 26.3 cm³/mol. The van der Waals surface area contributed by atoms with Crippen molar-refractivity contribution in [2.24, 2.45) is 0 Å². The summed E-state index contributed by atoms with van der Waals surface area (Å²) in [6.07, 6.45) is 0.917. The Morgan fingerprint density at radius 1 is 0.889 bits per heavy atom. The Balaban J connectivity index is -0.00000000133. The van der Waals surface area contributed by atoms with Gasteiger partial charge in [-0.1, -0.05) is 0 Å². The van der Waals surface area contributed by atoms with Crippen molar-refractivity contribution in [2.75, 3.05) is 6.16 Å². The summed E-state index contributed by atoms with van der Waals surface area (Å²) in [7, 11) is 2.47. The van der Waals surface area contributed by atoms with Crippen LogP contribution in [0.5, 0.6) is 0 Å². The van der Waals surface area contributed by atoms with Gasteiger partial charge in [0.25, 0.3) is 0 Å². The maximum absolute atomic E-state index is 3.45. The van der Waals surface area contributed by atoms with Crippen molar-refractivity contribution >= 4 is 9.24 Å². The standard InChI is InChI=1S/C2H6P.CH3.5Y/c1-2-3;;;;;;/h1-3H2;1H3;;;;;/q2*-1;;;;;. The molecule has 0 aromatic heterocycles. The molecule has 0 aromatic carbocycles. The quantitative estimate of drug-likeness (QED) is 0.332. The van der Waals surface area contributed by atoms with Gasteiger partial charge in [0.05, 0.1) is 0 Å². The first-order chi connectivity index (χ1) is 1.41. The van der Waals surface area contributed by atoms with E-state index in [4.69, 9.17) is 0 Å². The van der Waals surface area contributed by atoms with Gasteiger partial charge >= 0.3 is 0 Å². The molecule has 0 aromatic rings. The molecule has 0 aliphatic heterocycles. The Labute approximate surface area is 188 Å². The number of rotatable bonds is 0. The van der Waals surface area contributed by atoms with E-state index < -0.39 is 0 Å². The summed E-state index contributed by atoms with van der Waals surface area (Å²) >= 11 is 0. The van der Waals surface area contributed by atoms with E-state index in [1.54, 1.807) is 0 Å². The molecule has 6 heteroatoms. The Hall–Kier alpha value is 5.95. The van der Waals surface area contributed by atoms with Gasteiger partial charge in [0.1, 0.15) is 0 Å². The third-order valence-corrected chi connectivity index (χ3v) is 0. The van der Waals surface area contributed by atoms with Crippen LogP contribution in [0.1, 0.15) is 0 Å². The third-order valence-electron chi connectivity index (χ3n) is 0. The van der Waals surface area contributed by atoms with Gasteiger partial charge in [0.2, 0.25) is 0 Å². The second-order valence-corrected chi connectivity index (χ2v) is 0.866. The minimum atomic E-state index is 0. The Morgan fingerprint density at radius 3 is 0.889 bits per heavy atom. The topological polar surface area (TPSA) is 0 Å².